The average molecular weight is 283 g/mol. The zero-order valence-corrected chi connectivity index (χ0v) is 11.4. The fraction of sp³-hybridized carbons (Fsp3) is 0.467. The minimum absolute atomic E-state index is 0.147. The summed E-state index contributed by atoms with van der Waals surface area (Å²) in [6.07, 6.45) is 3.05. The molecule has 0 spiro atoms. The molecule has 1 aliphatic rings. The van der Waals surface area contributed by atoms with Gasteiger partial charge in [-0.25, -0.2) is 4.39 Å². The third kappa shape index (κ3) is 5.50. The van der Waals surface area contributed by atoms with E-state index in [2.05, 4.69) is 11.8 Å². The molecule has 2 nitrogen and oxygen atoms in total. The quantitative estimate of drug-likeness (QED) is 0.344. The zero-order valence-electron chi connectivity index (χ0n) is 10.6. The van der Waals surface area contributed by atoms with Gasteiger partial charge >= 0.3 is 0 Å². The molecule has 0 aliphatic heterocycles. The maximum absolute atomic E-state index is 13.4. The SMILES string of the molecule is Fc1cc(C#CCCCl)cc(OCOCC2CC2)c1. The van der Waals surface area contributed by atoms with E-state index in [4.69, 9.17) is 21.1 Å². The van der Waals surface area contributed by atoms with Crippen molar-refractivity contribution in [2.45, 2.75) is 19.3 Å². The molecular formula is C15H16ClFO2. The van der Waals surface area contributed by atoms with Gasteiger partial charge in [0.15, 0.2) is 6.79 Å². The lowest BCUT2D eigenvalue weighted by Crippen LogP contribution is -2.05. The van der Waals surface area contributed by atoms with Gasteiger partial charge in [-0.05, 0) is 30.9 Å². The van der Waals surface area contributed by atoms with Crippen molar-refractivity contribution in [1.82, 2.24) is 0 Å². The third-order valence-electron chi connectivity index (χ3n) is 2.68. The smallest absolute Gasteiger partial charge is 0.189 e. The van der Waals surface area contributed by atoms with Crippen LogP contribution in [0.2, 0.25) is 0 Å². The Morgan fingerprint density at radius 1 is 1.32 bits per heavy atom. The molecule has 1 aromatic carbocycles. The molecule has 1 fully saturated rings. The topological polar surface area (TPSA) is 18.5 Å². The summed E-state index contributed by atoms with van der Waals surface area (Å²) < 4.78 is 24.1. The summed E-state index contributed by atoms with van der Waals surface area (Å²) in [6, 6.07) is 4.40. The van der Waals surface area contributed by atoms with Gasteiger partial charge in [0.05, 0.1) is 6.61 Å². The number of benzene rings is 1. The molecule has 0 N–H and O–H groups in total. The molecule has 0 aromatic heterocycles. The lowest BCUT2D eigenvalue weighted by molar-refractivity contribution is 0.00983. The van der Waals surface area contributed by atoms with Crippen LogP contribution in [0.1, 0.15) is 24.8 Å². The van der Waals surface area contributed by atoms with Crippen molar-refractivity contribution in [3.05, 3.63) is 29.6 Å². The maximum atomic E-state index is 13.4. The normalized spacial score (nSPS) is 13.8. The van der Waals surface area contributed by atoms with Crippen molar-refractivity contribution in [1.29, 1.82) is 0 Å². The number of ether oxygens (including phenoxy) is 2. The Morgan fingerprint density at radius 3 is 2.89 bits per heavy atom. The Kier molecular flexibility index (Phi) is 5.50. The minimum atomic E-state index is -0.366. The summed E-state index contributed by atoms with van der Waals surface area (Å²) in [5, 5.41) is 0. The summed E-state index contributed by atoms with van der Waals surface area (Å²) in [5.74, 6) is 6.94. The van der Waals surface area contributed by atoms with Crippen LogP contribution in [0.5, 0.6) is 5.75 Å². The molecule has 0 heterocycles. The fourth-order valence-electron chi connectivity index (χ4n) is 1.54. The van der Waals surface area contributed by atoms with Gasteiger partial charge in [0.2, 0.25) is 0 Å². The Morgan fingerprint density at radius 2 is 2.16 bits per heavy atom. The van der Waals surface area contributed by atoms with E-state index in [0.29, 0.717) is 29.5 Å². The molecular weight excluding hydrogens is 267 g/mol. The Labute approximate surface area is 117 Å². The van der Waals surface area contributed by atoms with Crippen molar-refractivity contribution in [3.8, 4) is 17.6 Å². The summed E-state index contributed by atoms with van der Waals surface area (Å²) in [4.78, 5) is 0. The minimum Gasteiger partial charge on any atom is -0.467 e. The highest BCUT2D eigenvalue weighted by Crippen LogP contribution is 2.28. The van der Waals surface area contributed by atoms with Crippen LogP contribution in [0.25, 0.3) is 0 Å². The molecule has 0 unspecified atom stereocenters. The van der Waals surface area contributed by atoms with Crippen LogP contribution in [0.3, 0.4) is 0 Å². The molecule has 0 saturated heterocycles. The summed E-state index contributed by atoms with van der Waals surface area (Å²) in [7, 11) is 0. The van der Waals surface area contributed by atoms with Crippen molar-refractivity contribution >= 4 is 11.6 Å². The van der Waals surface area contributed by atoms with E-state index in [1.165, 1.54) is 25.0 Å². The van der Waals surface area contributed by atoms with Crippen molar-refractivity contribution in [3.63, 3.8) is 0 Å². The zero-order chi connectivity index (χ0) is 13.5. The predicted molar refractivity (Wildman–Crippen MR) is 72.8 cm³/mol. The van der Waals surface area contributed by atoms with Crippen molar-refractivity contribution in [2.24, 2.45) is 5.92 Å². The lowest BCUT2D eigenvalue weighted by Gasteiger charge is -2.07. The molecule has 0 radical (unpaired) electrons. The molecule has 4 heteroatoms. The van der Waals surface area contributed by atoms with Gasteiger partial charge in [-0.1, -0.05) is 11.8 Å². The maximum Gasteiger partial charge on any atom is 0.189 e. The van der Waals surface area contributed by atoms with Crippen molar-refractivity contribution in [2.75, 3.05) is 19.3 Å². The van der Waals surface area contributed by atoms with E-state index >= 15 is 0 Å². The Bertz CT molecular complexity index is 475. The second-order valence-corrected chi connectivity index (χ2v) is 4.87. The van der Waals surface area contributed by atoms with Gasteiger partial charge in [-0.2, -0.15) is 0 Å². The summed E-state index contributed by atoms with van der Waals surface area (Å²) in [6.45, 7) is 0.867. The fourth-order valence-corrected chi connectivity index (χ4v) is 1.63. The van der Waals surface area contributed by atoms with Crippen LogP contribution in [0, 0.1) is 23.6 Å². The number of alkyl halides is 1. The van der Waals surface area contributed by atoms with Crippen molar-refractivity contribution < 1.29 is 13.9 Å². The van der Waals surface area contributed by atoms with E-state index in [1.54, 1.807) is 6.07 Å². The third-order valence-corrected chi connectivity index (χ3v) is 2.87. The van der Waals surface area contributed by atoms with Gasteiger partial charge < -0.3 is 9.47 Å². The highest BCUT2D eigenvalue weighted by atomic mass is 35.5. The standard InChI is InChI=1S/C15H16ClFO2/c16-6-2-1-3-13-7-14(17)9-15(8-13)19-11-18-10-12-4-5-12/h7-9,12H,2,4-6,10-11H2. The Balaban J connectivity index is 1.86. The van der Waals surface area contributed by atoms with Crippen LogP contribution in [-0.2, 0) is 4.74 Å². The summed E-state index contributed by atoms with van der Waals surface area (Å²) >= 11 is 5.53. The first-order chi connectivity index (χ1) is 9.28. The van der Waals surface area contributed by atoms with E-state index in [-0.39, 0.29) is 12.6 Å². The molecule has 0 amide bonds. The largest absolute Gasteiger partial charge is 0.467 e. The first-order valence-corrected chi connectivity index (χ1v) is 6.87. The monoisotopic (exact) mass is 282 g/mol. The van der Waals surface area contributed by atoms with Crippen LogP contribution in [-0.4, -0.2) is 19.3 Å². The van der Waals surface area contributed by atoms with Crippen LogP contribution >= 0.6 is 11.6 Å². The molecule has 1 aliphatic carbocycles. The highest BCUT2D eigenvalue weighted by Gasteiger charge is 2.21. The van der Waals surface area contributed by atoms with E-state index in [0.717, 1.165) is 6.61 Å². The van der Waals surface area contributed by atoms with Crippen LogP contribution < -0.4 is 4.74 Å². The van der Waals surface area contributed by atoms with Gasteiger partial charge in [-0.15, -0.1) is 11.6 Å². The van der Waals surface area contributed by atoms with Crippen LogP contribution in [0.4, 0.5) is 4.39 Å². The number of halogens is 2. The number of hydrogen-bond donors (Lipinski definition) is 0. The second kappa shape index (κ2) is 7.37. The molecule has 0 atom stereocenters. The van der Waals surface area contributed by atoms with Gasteiger partial charge in [0, 0.05) is 23.9 Å². The van der Waals surface area contributed by atoms with Crippen LogP contribution in [0.15, 0.2) is 18.2 Å². The number of hydrogen-bond acceptors (Lipinski definition) is 2. The lowest BCUT2D eigenvalue weighted by atomic mass is 10.2. The first kappa shape index (κ1) is 14.2. The van der Waals surface area contributed by atoms with E-state index in [9.17, 15) is 4.39 Å². The van der Waals surface area contributed by atoms with Gasteiger partial charge in [-0.3, -0.25) is 0 Å². The molecule has 1 aromatic rings. The van der Waals surface area contributed by atoms with E-state index in [1.807, 2.05) is 0 Å². The molecule has 0 bridgehead atoms. The first-order valence-electron chi connectivity index (χ1n) is 6.34. The molecule has 1 saturated carbocycles. The highest BCUT2D eigenvalue weighted by molar-refractivity contribution is 6.18. The van der Waals surface area contributed by atoms with E-state index < -0.39 is 0 Å². The second-order valence-electron chi connectivity index (χ2n) is 4.49. The van der Waals surface area contributed by atoms with Gasteiger partial charge in [0.1, 0.15) is 11.6 Å². The van der Waals surface area contributed by atoms with Gasteiger partial charge in [0.25, 0.3) is 0 Å². The average Bonchev–Trinajstić information content (AvgIpc) is 3.18. The molecule has 2 rings (SSSR count). The predicted octanol–water partition coefficient (Wildman–Crippen LogP) is 3.57. The molecule has 102 valence electrons. The Hall–Kier alpha value is -1.24. The number of rotatable bonds is 6. The summed E-state index contributed by atoms with van der Waals surface area (Å²) in [5.41, 5.74) is 0.585. The molecule has 19 heavy (non-hydrogen) atoms.